The molecule has 148 valence electrons. The van der Waals surface area contributed by atoms with Crippen LogP contribution in [0.3, 0.4) is 0 Å². The number of fused-ring (bicyclic) bond motifs is 1. The van der Waals surface area contributed by atoms with Crippen molar-refractivity contribution in [2.24, 2.45) is 0 Å². The minimum Gasteiger partial charge on any atom is -0.493 e. The highest BCUT2D eigenvalue weighted by Crippen LogP contribution is 2.28. The number of methoxy groups -OCH3 is 2. The Hall–Kier alpha value is -3.16. The fraction of sp³-hybridized carbons (Fsp3) is 0.400. The maximum atomic E-state index is 12.6. The summed E-state index contributed by atoms with van der Waals surface area (Å²) >= 11 is 0. The molecule has 8 nitrogen and oxygen atoms in total. The molecule has 0 fully saturated rings. The average molecular weight is 383 g/mol. The number of carbonyl (C=O) groups is 1. The fourth-order valence-electron chi connectivity index (χ4n) is 3.28. The lowest BCUT2D eigenvalue weighted by Crippen LogP contribution is -2.26. The zero-order valence-corrected chi connectivity index (χ0v) is 16.9. The van der Waals surface area contributed by atoms with Crippen molar-refractivity contribution in [1.82, 2.24) is 24.5 Å². The van der Waals surface area contributed by atoms with Crippen molar-refractivity contribution in [2.75, 3.05) is 21.3 Å². The lowest BCUT2D eigenvalue weighted by molar-refractivity contribution is -0.130. The van der Waals surface area contributed by atoms with Gasteiger partial charge >= 0.3 is 0 Å². The first-order chi connectivity index (χ1) is 13.4. The molecule has 1 amide bonds. The summed E-state index contributed by atoms with van der Waals surface area (Å²) < 4.78 is 12.3. The Kier molecular flexibility index (Phi) is 5.77. The quantitative estimate of drug-likeness (QED) is 0.623. The second kappa shape index (κ2) is 8.24. The first-order valence-corrected chi connectivity index (χ1v) is 9.05. The number of carbonyl (C=O) groups excluding carboxylic acids is 1. The SMILES string of the molecule is COc1ccc(CN(C)C(=O)CCc2c(C)nc3ncnn3c2C)cc1OC. The first-order valence-electron chi connectivity index (χ1n) is 9.05. The van der Waals surface area contributed by atoms with Crippen molar-refractivity contribution in [3.63, 3.8) is 0 Å². The van der Waals surface area contributed by atoms with E-state index in [4.69, 9.17) is 9.47 Å². The molecule has 3 aromatic rings. The Balaban J connectivity index is 1.67. The first kappa shape index (κ1) is 19.6. The van der Waals surface area contributed by atoms with Gasteiger partial charge in [-0.1, -0.05) is 6.07 Å². The van der Waals surface area contributed by atoms with Gasteiger partial charge in [-0.15, -0.1) is 0 Å². The lowest BCUT2D eigenvalue weighted by Gasteiger charge is -2.19. The van der Waals surface area contributed by atoms with Crippen molar-refractivity contribution < 1.29 is 14.3 Å². The van der Waals surface area contributed by atoms with E-state index in [2.05, 4.69) is 15.1 Å². The van der Waals surface area contributed by atoms with Gasteiger partial charge in [0.1, 0.15) is 6.33 Å². The van der Waals surface area contributed by atoms with Crippen LogP contribution in [0.15, 0.2) is 24.5 Å². The molecule has 0 radical (unpaired) electrons. The molecule has 2 heterocycles. The molecule has 0 N–H and O–H groups in total. The smallest absolute Gasteiger partial charge is 0.252 e. The summed E-state index contributed by atoms with van der Waals surface area (Å²) in [6.45, 7) is 4.41. The number of aryl methyl sites for hydroxylation is 2. The Morgan fingerprint density at radius 2 is 1.93 bits per heavy atom. The van der Waals surface area contributed by atoms with Crippen molar-refractivity contribution in [1.29, 1.82) is 0 Å². The monoisotopic (exact) mass is 383 g/mol. The van der Waals surface area contributed by atoms with Crippen LogP contribution >= 0.6 is 0 Å². The van der Waals surface area contributed by atoms with Gasteiger partial charge in [-0.05, 0) is 43.5 Å². The Labute approximate surface area is 164 Å². The van der Waals surface area contributed by atoms with Gasteiger partial charge in [0, 0.05) is 31.4 Å². The van der Waals surface area contributed by atoms with Gasteiger partial charge in [-0.25, -0.2) is 9.50 Å². The number of aromatic nitrogens is 4. The lowest BCUT2D eigenvalue weighted by atomic mass is 10.1. The van der Waals surface area contributed by atoms with Crippen LogP contribution in [0.5, 0.6) is 11.5 Å². The second-order valence-corrected chi connectivity index (χ2v) is 6.67. The van der Waals surface area contributed by atoms with Gasteiger partial charge in [0.25, 0.3) is 5.78 Å². The molecule has 0 atom stereocenters. The molecule has 3 rings (SSSR count). The molecule has 0 unspecified atom stereocenters. The number of hydrogen-bond donors (Lipinski definition) is 0. The van der Waals surface area contributed by atoms with E-state index >= 15 is 0 Å². The summed E-state index contributed by atoms with van der Waals surface area (Å²) in [5.74, 6) is 1.96. The summed E-state index contributed by atoms with van der Waals surface area (Å²) in [5.41, 5.74) is 3.86. The summed E-state index contributed by atoms with van der Waals surface area (Å²) in [6.07, 6.45) is 2.49. The molecule has 0 aliphatic rings. The van der Waals surface area contributed by atoms with E-state index < -0.39 is 0 Å². The highest BCUT2D eigenvalue weighted by molar-refractivity contribution is 5.76. The molecule has 0 aliphatic heterocycles. The van der Waals surface area contributed by atoms with Gasteiger partial charge in [0.2, 0.25) is 5.91 Å². The highest BCUT2D eigenvalue weighted by Gasteiger charge is 2.15. The van der Waals surface area contributed by atoms with Crippen LogP contribution in [0.1, 0.15) is 28.9 Å². The van der Waals surface area contributed by atoms with E-state index in [1.807, 2.05) is 32.0 Å². The minimum absolute atomic E-state index is 0.0623. The van der Waals surface area contributed by atoms with Crippen LogP contribution in [-0.4, -0.2) is 51.7 Å². The summed E-state index contributed by atoms with van der Waals surface area (Å²) in [4.78, 5) is 23.0. The predicted molar refractivity (Wildman–Crippen MR) is 105 cm³/mol. The van der Waals surface area contributed by atoms with Crippen molar-refractivity contribution in [2.45, 2.75) is 33.2 Å². The number of ether oxygens (including phenoxy) is 2. The summed E-state index contributed by atoms with van der Waals surface area (Å²) in [5, 5.41) is 4.19. The number of amides is 1. The number of hydrogen-bond acceptors (Lipinski definition) is 6. The zero-order chi connectivity index (χ0) is 20.3. The van der Waals surface area contributed by atoms with Gasteiger partial charge in [-0.3, -0.25) is 4.79 Å². The second-order valence-electron chi connectivity index (χ2n) is 6.67. The van der Waals surface area contributed by atoms with E-state index in [0.717, 1.165) is 22.5 Å². The molecule has 0 saturated heterocycles. The van der Waals surface area contributed by atoms with E-state index in [0.29, 0.717) is 36.7 Å². The van der Waals surface area contributed by atoms with Crippen LogP contribution in [-0.2, 0) is 17.8 Å². The summed E-state index contributed by atoms with van der Waals surface area (Å²) in [7, 11) is 5.00. The summed E-state index contributed by atoms with van der Waals surface area (Å²) in [6, 6.07) is 5.67. The van der Waals surface area contributed by atoms with Gasteiger partial charge in [-0.2, -0.15) is 10.1 Å². The van der Waals surface area contributed by atoms with E-state index in [9.17, 15) is 4.79 Å². The molecular formula is C20H25N5O3. The minimum atomic E-state index is 0.0623. The molecule has 1 aromatic carbocycles. The third-order valence-electron chi connectivity index (χ3n) is 4.87. The average Bonchev–Trinajstić information content (AvgIpc) is 3.15. The molecule has 28 heavy (non-hydrogen) atoms. The van der Waals surface area contributed by atoms with Crippen molar-refractivity contribution in [3.05, 3.63) is 47.0 Å². The van der Waals surface area contributed by atoms with Gasteiger partial charge < -0.3 is 14.4 Å². The van der Waals surface area contributed by atoms with E-state index in [1.165, 1.54) is 6.33 Å². The maximum absolute atomic E-state index is 12.6. The highest BCUT2D eigenvalue weighted by atomic mass is 16.5. The Bertz CT molecular complexity index is 999. The van der Waals surface area contributed by atoms with Crippen molar-refractivity contribution >= 4 is 11.7 Å². The van der Waals surface area contributed by atoms with E-state index in [1.54, 1.807) is 30.7 Å². The molecular weight excluding hydrogens is 358 g/mol. The van der Waals surface area contributed by atoms with Crippen LogP contribution in [0.2, 0.25) is 0 Å². The van der Waals surface area contributed by atoms with Crippen molar-refractivity contribution in [3.8, 4) is 11.5 Å². The Morgan fingerprint density at radius 3 is 2.64 bits per heavy atom. The maximum Gasteiger partial charge on any atom is 0.252 e. The van der Waals surface area contributed by atoms with Crippen LogP contribution in [0, 0.1) is 13.8 Å². The van der Waals surface area contributed by atoms with Gasteiger partial charge in [0.15, 0.2) is 11.5 Å². The Morgan fingerprint density at radius 1 is 1.18 bits per heavy atom. The topological polar surface area (TPSA) is 81.9 Å². The molecule has 0 aliphatic carbocycles. The van der Waals surface area contributed by atoms with Crippen LogP contribution in [0.4, 0.5) is 0 Å². The zero-order valence-electron chi connectivity index (χ0n) is 16.9. The van der Waals surface area contributed by atoms with Gasteiger partial charge in [0.05, 0.1) is 14.2 Å². The molecule has 0 spiro atoms. The van der Waals surface area contributed by atoms with Crippen LogP contribution < -0.4 is 9.47 Å². The van der Waals surface area contributed by atoms with Crippen LogP contribution in [0.25, 0.3) is 5.78 Å². The standard InChI is InChI=1S/C20H25N5O3/c1-13-16(14(2)25-20(23-13)21-12-22-25)7-9-19(26)24(3)11-15-6-8-17(27-4)18(10-15)28-5/h6,8,10,12H,7,9,11H2,1-5H3. The normalized spacial score (nSPS) is 10.9. The molecule has 0 saturated carbocycles. The number of rotatable bonds is 7. The third-order valence-corrected chi connectivity index (χ3v) is 4.87. The van der Waals surface area contributed by atoms with E-state index in [-0.39, 0.29) is 5.91 Å². The largest absolute Gasteiger partial charge is 0.493 e. The third kappa shape index (κ3) is 3.90. The molecule has 0 bridgehead atoms. The number of benzene rings is 1. The number of nitrogens with zero attached hydrogens (tertiary/aromatic N) is 5. The predicted octanol–water partition coefficient (Wildman–Crippen LogP) is 2.35. The molecule has 8 heteroatoms. The fourth-order valence-corrected chi connectivity index (χ4v) is 3.28. The molecule has 2 aromatic heterocycles.